The van der Waals surface area contributed by atoms with E-state index in [-0.39, 0.29) is 16.9 Å². The van der Waals surface area contributed by atoms with Gasteiger partial charge < -0.3 is 15.8 Å². The van der Waals surface area contributed by atoms with Crippen molar-refractivity contribution in [3.05, 3.63) is 28.2 Å². The lowest BCUT2D eigenvalue weighted by Gasteiger charge is -2.01. The number of rotatable bonds is 1. The number of nitrogens with zero attached hydrogens (tertiary/aromatic N) is 1. The Morgan fingerprint density at radius 1 is 1.53 bits per heavy atom. The first-order valence-electron chi connectivity index (χ1n) is 4.22. The Morgan fingerprint density at radius 3 is 2.80 bits per heavy atom. The highest BCUT2D eigenvalue weighted by molar-refractivity contribution is 5.97. The van der Waals surface area contributed by atoms with Crippen molar-refractivity contribution in [1.82, 2.24) is 9.55 Å². The number of hydrogen-bond donors (Lipinski definition) is 3. The van der Waals surface area contributed by atoms with Crippen LogP contribution >= 0.6 is 0 Å². The van der Waals surface area contributed by atoms with Gasteiger partial charge in [-0.25, -0.2) is 9.59 Å². The summed E-state index contributed by atoms with van der Waals surface area (Å²) in [5, 5.41) is 8.79. The Morgan fingerprint density at radius 2 is 2.20 bits per heavy atom. The molecule has 0 radical (unpaired) electrons. The molecule has 6 heteroatoms. The number of nitrogens with two attached hydrogens (primary N) is 1. The molecule has 0 bridgehead atoms. The first kappa shape index (κ1) is 9.32. The number of benzene rings is 1. The van der Waals surface area contributed by atoms with E-state index in [1.54, 1.807) is 7.05 Å². The fourth-order valence-corrected chi connectivity index (χ4v) is 1.55. The molecule has 0 saturated heterocycles. The standard InChI is InChI=1S/C9H9N3O3/c1-12-7-5(10)2-4(8(13)14)3-6(7)11-9(12)15/h2-3H,10H2,1H3,(H,11,15)(H,13,14). The molecule has 4 N–H and O–H groups in total. The molecule has 0 saturated carbocycles. The molecule has 2 rings (SSSR count). The fraction of sp³-hybridized carbons (Fsp3) is 0.111. The Bertz CT molecular complexity index is 609. The molecule has 0 atom stereocenters. The van der Waals surface area contributed by atoms with Crippen LogP contribution in [0.1, 0.15) is 10.4 Å². The molecule has 1 aromatic carbocycles. The van der Waals surface area contributed by atoms with Crippen molar-refractivity contribution in [2.45, 2.75) is 0 Å². The Kier molecular flexibility index (Phi) is 1.79. The molecule has 6 nitrogen and oxygen atoms in total. The normalized spacial score (nSPS) is 10.7. The third-order valence-electron chi connectivity index (χ3n) is 2.27. The quantitative estimate of drug-likeness (QED) is 0.579. The average Bonchev–Trinajstić information content (AvgIpc) is 2.42. The molecule has 1 heterocycles. The molecule has 2 aromatic rings. The number of carboxylic acids is 1. The molecule has 15 heavy (non-hydrogen) atoms. The largest absolute Gasteiger partial charge is 0.478 e. The maximum Gasteiger partial charge on any atom is 0.335 e. The summed E-state index contributed by atoms with van der Waals surface area (Å²) < 4.78 is 1.34. The predicted molar refractivity (Wildman–Crippen MR) is 54.9 cm³/mol. The van der Waals surface area contributed by atoms with Crippen LogP contribution in [0.4, 0.5) is 5.69 Å². The van der Waals surface area contributed by atoms with Gasteiger partial charge in [-0.15, -0.1) is 0 Å². The van der Waals surface area contributed by atoms with E-state index in [4.69, 9.17) is 10.8 Å². The second-order valence-electron chi connectivity index (χ2n) is 3.26. The van der Waals surface area contributed by atoms with Gasteiger partial charge in [-0.3, -0.25) is 4.57 Å². The van der Waals surface area contributed by atoms with Gasteiger partial charge in [0.25, 0.3) is 0 Å². The first-order chi connectivity index (χ1) is 7.00. The highest BCUT2D eigenvalue weighted by Gasteiger charge is 2.11. The molecule has 0 aliphatic rings. The van der Waals surface area contributed by atoms with Crippen LogP contribution in [0.15, 0.2) is 16.9 Å². The second kappa shape index (κ2) is 2.88. The zero-order chi connectivity index (χ0) is 11.2. The highest BCUT2D eigenvalue weighted by Crippen LogP contribution is 2.20. The number of nitrogen functional groups attached to an aromatic ring is 1. The number of fused-ring (bicyclic) bond motifs is 1. The summed E-state index contributed by atoms with van der Waals surface area (Å²) in [4.78, 5) is 24.5. The topological polar surface area (TPSA) is 101 Å². The fourth-order valence-electron chi connectivity index (χ4n) is 1.55. The average molecular weight is 207 g/mol. The van der Waals surface area contributed by atoms with Crippen LogP contribution in [0.3, 0.4) is 0 Å². The summed E-state index contributed by atoms with van der Waals surface area (Å²) in [6, 6.07) is 2.72. The van der Waals surface area contributed by atoms with Gasteiger partial charge >= 0.3 is 11.7 Å². The lowest BCUT2D eigenvalue weighted by Crippen LogP contribution is -2.12. The molecule has 0 fully saturated rings. The van der Waals surface area contributed by atoms with Crippen molar-refractivity contribution in [2.24, 2.45) is 7.05 Å². The van der Waals surface area contributed by atoms with E-state index in [9.17, 15) is 9.59 Å². The van der Waals surface area contributed by atoms with Crippen LogP contribution in [0, 0.1) is 0 Å². The van der Waals surface area contributed by atoms with Crippen LogP contribution in [0.2, 0.25) is 0 Å². The number of imidazole rings is 1. The number of carbonyl (C=O) groups is 1. The zero-order valence-electron chi connectivity index (χ0n) is 7.94. The third kappa shape index (κ3) is 1.26. The van der Waals surface area contributed by atoms with Crippen molar-refractivity contribution < 1.29 is 9.90 Å². The van der Waals surface area contributed by atoms with Gasteiger partial charge in [0, 0.05) is 7.05 Å². The minimum absolute atomic E-state index is 0.0573. The van der Waals surface area contributed by atoms with E-state index >= 15 is 0 Å². The molecule has 0 spiro atoms. The number of carboxylic acid groups (broad SMARTS) is 1. The van der Waals surface area contributed by atoms with Gasteiger partial charge in [-0.2, -0.15) is 0 Å². The maximum absolute atomic E-state index is 11.3. The SMILES string of the molecule is Cn1c(=O)[nH]c2cc(C(=O)O)cc(N)c21. The lowest BCUT2D eigenvalue weighted by atomic mass is 10.1. The van der Waals surface area contributed by atoms with E-state index < -0.39 is 5.97 Å². The maximum atomic E-state index is 11.3. The summed E-state index contributed by atoms with van der Waals surface area (Å²) in [7, 11) is 1.57. The lowest BCUT2D eigenvalue weighted by molar-refractivity contribution is 0.0697. The number of aryl methyl sites for hydroxylation is 1. The predicted octanol–water partition coefficient (Wildman–Crippen LogP) is 0.147. The number of H-pyrrole nitrogens is 1. The van der Waals surface area contributed by atoms with Crippen LogP contribution < -0.4 is 11.4 Å². The smallest absolute Gasteiger partial charge is 0.335 e. The first-order valence-corrected chi connectivity index (χ1v) is 4.22. The summed E-state index contributed by atoms with van der Waals surface area (Å²) in [5.74, 6) is -1.08. The van der Waals surface area contributed by atoms with Gasteiger partial charge in [0.05, 0.1) is 22.3 Å². The van der Waals surface area contributed by atoms with Crippen molar-refractivity contribution in [2.75, 3.05) is 5.73 Å². The minimum atomic E-state index is -1.08. The van der Waals surface area contributed by atoms with E-state index in [1.165, 1.54) is 16.7 Å². The molecule has 1 aromatic heterocycles. The number of aromatic amines is 1. The van der Waals surface area contributed by atoms with Crippen LogP contribution in [0.5, 0.6) is 0 Å². The third-order valence-corrected chi connectivity index (χ3v) is 2.27. The van der Waals surface area contributed by atoms with Crippen molar-refractivity contribution in [3.63, 3.8) is 0 Å². The zero-order valence-corrected chi connectivity index (χ0v) is 7.94. The van der Waals surface area contributed by atoms with Gasteiger partial charge in [0.2, 0.25) is 0 Å². The van der Waals surface area contributed by atoms with E-state index in [0.29, 0.717) is 11.0 Å². The molecular weight excluding hydrogens is 198 g/mol. The monoisotopic (exact) mass is 207 g/mol. The molecule has 0 unspecified atom stereocenters. The number of aromatic carboxylic acids is 1. The summed E-state index contributed by atoms with van der Waals surface area (Å²) in [5.41, 5.74) is 6.62. The van der Waals surface area contributed by atoms with Crippen LogP contribution in [-0.4, -0.2) is 20.6 Å². The van der Waals surface area contributed by atoms with Gasteiger partial charge in [-0.1, -0.05) is 0 Å². The van der Waals surface area contributed by atoms with Gasteiger partial charge in [0.1, 0.15) is 0 Å². The Balaban J connectivity index is 2.90. The van der Waals surface area contributed by atoms with Crippen molar-refractivity contribution >= 4 is 22.7 Å². The van der Waals surface area contributed by atoms with Crippen molar-refractivity contribution in [1.29, 1.82) is 0 Å². The molecule has 78 valence electrons. The summed E-state index contributed by atoms with van der Waals surface area (Å²) >= 11 is 0. The minimum Gasteiger partial charge on any atom is -0.478 e. The van der Waals surface area contributed by atoms with Crippen molar-refractivity contribution in [3.8, 4) is 0 Å². The van der Waals surface area contributed by atoms with E-state index in [2.05, 4.69) is 4.98 Å². The number of aromatic nitrogens is 2. The van der Waals surface area contributed by atoms with Gasteiger partial charge in [0.15, 0.2) is 0 Å². The molecule has 0 aliphatic heterocycles. The van der Waals surface area contributed by atoms with Crippen LogP contribution in [-0.2, 0) is 7.05 Å². The molecule has 0 aliphatic carbocycles. The number of anilines is 1. The van der Waals surface area contributed by atoms with E-state index in [1.807, 2.05) is 0 Å². The second-order valence-corrected chi connectivity index (χ2v) is 3.26. The molecular formula is C9H9N3O3. The Labute approximate surface area is 83.9 Å². The number of nitrogens with one attached hydrogen (secondary N) is 1. The number of hydrogen-bond acceptors (Lipinski definition) is 3. The van der Waals surface area contributed by atoms with Gasteiger partial charge in [-0.05, 0) is 12.1 Å². The van der Waals surface area contributed by atoms with Crippen LogP contribution in [0.25, 0.3) is 11.0 Å². The highest BCUT2D eigenvalue weighted by atomic mass is 16.4. The summed E-state index contributed by atoms with van der Waals surface area (Å²) in [6.07, 6.45) is 0. The molecule has 0 amide bonds. The summed E-state index contributed by atoms with van der Waals surface area (Å²) in [6.45, 7) is 0. The van der Waals surface area contributed by atoms with E-state index in [0.717, 1.165) is 0 Å². The Hall–Kier alpha value is -2.24.